The molecule has 26 heavy (non-hydrogen) atoms. The van der Waals surface area contributed by atoms with Crippen LogP contribution in [0.4, 0.5) is 5.82 Å². The lowest BCUT2D eigenvalue weighted by atomic mass is 9.89. The van der Waals surface area contributed by atoms with Gasteiger partial charge in [-0.05, 0) is 31.4 Å². The van der Waals surface area contributed by atoms with Gasteiger partial charge in [0.15, 0.2) is 0 Å². The molecule has 144 valence electrons. The minimum absolute atomic E-state index is 0.0858. The van der Waals surface area contributed by atoms with Crippen LogP contribution in [-0.2, 0) is 9.59 Å². The minimum Gasteiger partial charge on any atom is -0.382 e. The van der Waals surface area contributed by atoms with Crippen molar-refractivity contribution in [3.63, 3.8) is 0 Å². The van der Waals surface area contributed by atoms with Gasteiger partial charge in [-0.2, -0.15) is 0 Å². The highest BCUT2D eigenvalue weighted by Gasteiger charge is 2.38. The van der Waals surface area contributed by atoms with Crippen LogP contribution in [0, 0.1) is 11.8 Å². The summed E-state index contributed by atoms with van der Waals surface area (Å²) >= 11 is 0. The van der Waals surface area contributed by atoms with Crippen molar-refractivity contribution in [3.05, 3.63) is 24.4 Å². The first-order chi connectivity index (χ1) is 12.3. The predicted molar refractivity (Wildman–Crippen MR) is 96.5 cm³/mol. The van der Waals surface area contributed by atoms with Gasteiger partial charge < -0.3 is 14.9 Å². The molecule has 3 atom stereocenters. The first-order valence-corrected chi connectivity index (χ1v) is 8.93. The summed E-state index contributed by atoms with van der Waals surface area (Å²) in [6, 6.07) is 5.63. The van der Waals surface area contributed by atoms with E-state index in [0.717, 1.165) is 5.82 Å². The van der Waals surface area contributed by atoms with Gasteiger partial charge in [0, 0.05) is 31.9 Å². The van der Waals surface area contributed by atoms with Crippen molar-refractivity contribution < 1.29 is 19.9 Å². The van der Waals surface area contributed by atoms with Gasteiger partial charge in [-0.3, -0.25) is 14.8 Å². The Hall–Kier alpha value is -2.19. The van der Waals surface area contributed by atoms with Crippen molar-refractivity contribution in [3.8, 4) is 0 Å². The fourth-order valence-corrected chi connectivity index (χ4v) is 3.37. The molecular weight excluding hydrogens is 336 g/mol. The number of rotatable bonds is 6. The SMILES string of the molecule is CC(C)C[C@H](C(=O)N1CCN(c2ccccn2)C[C@@H]1C)[C@H](O)C(=O)NO. The number of carbonyl (C=O) groups is 2. The Morgan fingerprint density at radius 2 is 2.08 bits per heavy atom. The number of aromatic nitrogens is 1. The molecule has 8 nitrogen and oxygen atoms in total. The van der Waals surface area contributed by atoms with Crippen LogP contribution in [-0.4, -0.2) is 63.8 Å². The molecular formula is C18H28N4O4. The van der Waals surface area contributed by atoms with Gasteiger partial charge in [0.2, 0.25) is 5.91 Å². The van der Waals surface area contributed by atoms with Crippen molar-refractivity contribution in [2.75, 3.05) is 24.5 Å². The molecule has 0 bridgehead atoms. The van der Waals surface area contributed by atoms with E-state index in [1.807, 2.05) is 39.0 Å². The molecule has 1 aromatic heterocycles. The third kappa shape index (κ3) is 4.70. The summed E-state index contributed by atoms with van der Waals surface area (Å²) in [6.07, 6.45) is 0.525. The summed E-state index contributed by atoms with van der Waals surface area (Å²) < 4.78 is 0. The smallest absolute Gasteiger partial charge is 0.272 e. The minimum atomic E-state index is -1.57. The van der Waals surface area contributed by atoms with Crippen molar-refractivity contribution in [1.29, 1.82) is 0 Å². The second-order valence-electron chi connectivity index (χ2n) is 7.17. The average molecular weight is 364 g/mol. The number of hydrogen-bond acceptors (Lipinski definition) is 6. The Morgan fingerprint density at radius 3 is 2.62 bits per heavy atom. The normalized spacial score (nSPS) is 20.0. The zero-order chi connectivity index (χ0) is 19.3. The van der Waals surface area contributed by atoms with Crippen molar-refractivity contribution in [1.82, 2.24) is 15.4 Å². The molecule has 1 aromatic rings. The Labute approximate surface area is 153 Å². The van der Waals surface area contributed by atoms with E-state index in [2.05, 4.69) is 9.88 Å². The van der Waals surface area contributed by atoms with Crippen LogP contribution in [0.1, 0.15) is 27.2 Å². The van der Waals surface area contributed by atoms with Crippen molar-refractivity contribution in [2.24, 2.45) is 11.8 Å². The van der Waals surface area contributed by atoms with Gasteiger partial charge in [-0.25, -0.2) is 10.5 Å². The molecule has 2 heterocycles. The van der Waals surface area contributed by atoms with E-state index in [0.29, 0.717) is 26.1 Å². The molecule has 2 amide bonds. The van der Waals surface area contributed by atoms with Gasteiger partial charge >= 0.3 is 0 Å². The molecule has 0 saturated carbocycles. The Bertz CT molecular complexity index is 610. The molecule has 1 aliphatic heterocycles. The highest BCUT2D eigenvalue weighted by molar-refractivity contribution is 5.89. The van der Waals surface area contributed by atoms with Gasteiger partial charge in [0.25, 0.3) is 5.91 Å². The fourth-order valence-electron chi connectivity index (χ4n) is 3.37. The van der Waals surface area contributed by atoms with Crippen molar-refractivity contribution in [2.45, 2.75) is 39.3 Å². The molecule has 0 spiro atoms. The average Bonchev–Trinajstić information content (AvgIpc) is 2.64. The molecule has 3 N–H and O–H groups in total. The summed E-state index contributed by atoms with van der Waals surface area (Å²) in [5.74, 6) is -1.11. The molecule has 1 fully saturated rings. The Morgan fingerprint density at radius 1 is 1.35 bits per heavy atom. The number of aliphatic hydroxyl groups excluding tert-OH is 1. The molecule has 1 saturated heterocycles. The summed E-state index contributed by atoms with van der Waals surface area (Å²) in [7, 11) is 0. The number of nitrogens with zero attached hydrogens (tertiary/aromatic N) is 3. The molecule has 0 radical (unpaired) electrons. The van der Waals surface area contributed by atoms with Crippen LogP contribution in [0.3, 0.4) is 0 Å². The maximum Gasteiger partial charge on any atom is 0.272 e. The van der Waals surface area contributed by atoms with Gasteiger partial charge in [-0.15, -0.1) is 0 Å². The van der Waals surface area contributed by atoms with E-state index in [1.54, 1.807) is 11.1 Å². The van der Waals surface area contributed by atoms with E-state index in [-0.39, 0.29) is 17.9 Å². The lowest BCUT2D eigenvalue weighted by molar-refractivity contribution is -0.152. The Balaban J connectivity index is 2.10. The number of amides is 2. The summed E-state index contributed by atoms with van der Waals surface area (Å²) in [6.45, 7) is 7.53. The molecule has 2 rings (SSSR count). The molecule has 0 aliphatic carbocycles. The van der Waals surface area contributed by atoms with Gasteiger partial charge in [0.1, 0.15) is 11.9 Å². The maximum absolute atomic E-state index is 13.0. The number of nitrogens with one attached hydrogen (secondary N) is 1. The number of aliphatic hydroxyl groups is 1. The van der Waals surface area contributed by atoms with Crippen LogP contribution >= 0.6 is 0 Å². The topological polar surface area (TPSA) is 106 Å². The predicted octanol–water partition coefficient (Wildman–Crippen LogP) is 0.647. The van der Waals surface area contributed by atoms with Crippen LogP contribution in [0.2, 0.25) is 0 Å². The summed E-state index contributed by atoms with van der Waals surface area (Å²) in [5.41, 5.74) is 1.44. The highest BCUT2D eigenvalue weighted by atomic mass is 16.5. The number of anilines is 1. The van der Waals surface area contributed by atoms with E-state index in [4.69, 9.17) is 5.21 Å². The maximum atomic E-state index is 13.0. The third-order valence-corrected chi connectivity index (χ3v) is 4.69. The van der Waals surface area contributed by atoms with E-state index in [1.165, 1.54) is 5.48 Å². The molecule has 8 heteroatoms. The van der Waals surface area contributed by atoms with Crippen LogP contribution in [0.5, 0.6) is 0 Å². The number of pyridine rings is 1. The molecule has 0 aromatic carbocycles. The standard InChI is InChI=1S/C18H28N4O4/c1-12(2)10-14(16(23)17(24)20-26)18(25)22-9-8-21(11-13(22)3)15-6-4-5-7-19-15/h4-7,12-14,16,23,26H,8-11H2,1-3H3,(H,20,24)/t13-,14-,16-/m0/s1. The Kier molecular flexibility index (Phi) is 6.93. The summed E-state index contributed by atoms with van der Waals surface area (Å²) in [4.78, 5) is 32.8. The van der Waals surface area contributed by atoms with Gasteiger partial charge in [-0.1, -0.05) is 19.9 Å². The van der Waals surface area contributed by atoms with E-state index < -0.39 is 17.9 Å². The zero-order valence-corrected chi connectivity index (χ0v) is 15.5. The van der Waals surface area contributed by atoms with E-state index in [9.17, 15) is 14.7 Å². The number of carbonyl (C=O) groups excluding carboxylic acids is 2. The van der Waals surface area contributed by atoms with Crippen LogP contribution in [0.15, 0.2) is 24.4 Å². The van der Waals surface area contributed by atoms with Crippen LogP contribution < -0.4 is 10.4 Å². The first kappa shape index (κ1) is 20.1. The number of hydrogen-bond donors (Lipinski definition) is 3. The largest absolute Gasteiger partial charge is 0.382 e. The second kappa shape index (κ2) is 8.95. The van der Waals surface area contributed by atoms with Crippen molar-refractivity contribution >= 4 is 17.6 Å². The second-order valence-corrected chi connectivity index (χ2v) is 7.17. The van der Waals surface area contributed by atoms with Gasteiger partial charge in [0.05, 0.1) is 5.92 Å². The lowest BCUT2D eigenvalue weighted by Crippen LogP contribution is -2.57. The number of piperazine rings is 1. The fraction of sp³-hybridized carbons (Fsp3) is 0.611. The quantitative estimate of drug-likeness (QED) is 0.505. The van der Waals surface area contributed by atoms with E-state index >= 15 is 0 Å². The third-order valence-electron chi connectivity index (χ3n) is 4.69. The molecule has 0 unspecified atom stereocenters. The van der Waals surface area contributed by atoms with Crippen LogP contribution in [0.25, 0.3) is 0 Å². The monoisotopic (exact) mass is 364 g/mol. The number of hydroxylamine groups is 1. The highest BCUT2D eigenvalue weighted by Crippen LogP contribution is 2.23. The first-order valence-electron chi connectivity index (χ1n) is 8.93. The lowest BCUT2D eigenvalue weighted by Gasteiger charge is -2.42. The summed E-state index contributed by atoms with van der Waals surface area (Å²) in [5, 5.41) is 19.0. The zero-order valence-electron chi connectivity index (χ0n) is 15.5. The molecule has 1 aliphatic rings.